The second kappa shape index (κ2) is 9.38. The van der Waals surface area contributed by atoms with Crippen LogP contribution in [-0.4, -0.2) is 50.5 Å². The van der Waals surface area contributed by atoms with E-state index in [9.17, 15) is 22.8 Å². The predicted octanol–water partition coefficient (Wildman–Crippen LogP) is 3.52. The van der Waals surface area contributed by atoms with Crippen LogP contribution >= 0.6 is 11.3 Å². The molecule has 2 aromatic rings. The molecule has 1 aliphatic heterocycles. The number of aliphatic imine (C=N–C) groups is 1. The van der Waals surface area contributed by atoms with Gasteiger partial charge in [0.2, 0.25) is 0 Å². The van der Waals surface area contributed by atoms with Gasteiger partial charge in [0.1, 0.15) is 34.2 Å². The van der Waals surface area contributed by atoms with Gasteiger partial charge in [-0.3, -0.25) is 19.7 Å². The third-order valence-corrected chi connectivity index (χ3v) is 6.28. The van der Waals surface area contributed by atoms with Crippen molar-refractivity contribution in [1.29, 1.82) is 0 Å². The smallest absolute Gasteiger partial charge is 0.265 e. The van der Waals surface area contributed by atoms with E-state index in [1.807, 2.05) is 19.9 Å². The number of ketones is 1. The minimum Gasteiger partial charge on any atom is -0.344 e. The average molecular weight is 479 g/mol. The molecular formula is C21H21F3N6O2S. The number of hydrogen-bond donors (Lipinski definition) is 2. The predicted molar refractivity (Wildman–Crippen MR) is 116 cm³/mol. The number of carbonyl (C=O) groups is 2. The van der Waals surface area contributed by atoms with Crippen LogP contribution in [0.25, 0.3) is 10.7 Å². The molecule has 0 saturated carbocycles. The second-order valence-electron chi connectivity index (χ2n) is 8.11. The Morgan fingerprint density at radius 1 is 1.27 bits per heavy atom. The number of aromatic nitrogens is 4. The standard InChI is InChI=1S/C21H21F3N6O2S/c1-9(2)14-6-16(28-27-14)21-30-29-17(33-21)8-26-20(32)15-3-10(7-25-15)19(31)18-12(23)4-11(22)5-13(18)24/h4,6,9-11H,3,5,7-8H2,1-2H3,(H,26,32)(H,27,28). The van der Waals surface area contributed by atoms with Crippen molar-refractivity contribution in [2.75, 3.05) is 6.54 Å². The van der Waals surface area contributed by atoms with E-state index in [1.54, 1.807) is 0 Å². The summed E-state index contributed by atoms with van der Waals surface area (Å²) in [4.78, 5) is 29.0. The van der Waals surface area contributed by atoms with Gasteiger partial charge in [-0.05, 0) is 18.1 Å². The van der Waals surface area contributed by atoms with Crippen molar-refractivity contribution in [2.24, 2.45) is 10.9 Å². The van der Waals surface area contributed by atoms with Crippen LogP contribution in [-0.2, 0) is 16.1 Å². The van der Waals surface area contributed by atoms with Crippen molar-refractivity contribution < 1.29 is 22.8 Å². The molecule has 8 nitrogen and oxygen atoms in total. The lowest BCUT2D eigenvalue weighted by atomic mass is 9.90. The first-order chi connectivity index (χ1) is 15.7. The molecule has 2 N–H and O–H groups in total. The topological polar surface area (TPSA) is 113 Å². The molecule has 0 saturated heterocycles. The van der Waals surface area contributed by atoms with Crippen molar-refractivity contribution in [3.63, 3.8) is 0 Å². The average Bonchev–Trinajstić information content (AvgIpc) is 3.51. The highest BCUT2D eigenvalue weighted by atomic mass is 32.1. The largest absolute Gasteiger partial charge is 0.344 e. The Hall–Kier alpha value is -3.15. The molecular weight excluding hydrogens is 457 g/mol. The van der Waals surface area contributed by atoms with E-state index >= 15 is 0 Å². The molecule has 0 radical (unpaired) electrons. The number of hydrogen-bond acceptors (Lipinski definition) is 7. The van der Waals surface area contributed by atoms with Gasteiger partial charge in [-0.15, -0.1) is 10.2 Å². The number of carbonyl (C=O) groups excluding carboxylic acids is 2. The van der Waals surface area contributed by atoms with Crippen molar-refractivity contribution in [3.8, 4) is 10.7 Å². The number of rotatable bonds is 7. The fourth-order valence-corrected chi connectivity index (χ4v) is 4.25. The van der Waals surface area contributed by atoms with E-state index in [4.69, 9.17) is 0 Å². The van der Waals surface area contributed by atoms with Gasteiger partial charge in [0.25, 0.3) is 5.91 Å². The quantitative estimate of drug-likeness (QED) is 0.632. The zero-order chi connectivity index (χ0) is 23.7. The third-order valence-electron chi connectivity index (χ3n) is 5.34. The molecule has 0 spiro atoms. The first kappa shape index (κ1) is 23.0. The number of nitrogens with one attached hydrogen (secondary N) is 2. The fraction of sp³-hybridized carbons (Fsp3) is 0.429. The van der Waals surface area contributed by atoms with Crippen molar-refractivity contribution in [2.45, 2.75) is 45.3 Å². The first-order valence-corrected chi connectivity index (χ1v) is 11.2. The Balaban J connectivity index is 1.32. The highest BCUT2D eigenvalue weighted by Gasteiger charge is 2.35. The maximum atomic E-state index is 14.0. The first-order valence-electron chi connectivity index (χ1n) is 10.4. The van der Waals surface area contributed by atoms with Crippen LogP contribution in [0.15, 0.2) is 34.4 Å². The van der Waals surface area contributed by atoms with Crippen LogP contribution in [0.3, 0.4) is 0 Å². The molecule has 2 aromatic heterocycles. The van der Waals surface area contributed by atoms with Gasteiger partial charge in [-0.25, -0.2) is 13.2 Å². The summed E-state index contributed by atoms with van der Waals surface area (Å²) in [5.41, 5.74) is 1.00. The maximum absolute atomic E-state index is 14.0. The molecule has 0 aromatic carbocycles. The summed E-state index contributed by atoms with van der Waals surface area (Å²) < 4.78 is 41.2. The SMILES string of the molecule is CC(C)c1cc(-c2nnc(CNC(=O)C3=NCC(C(=O)C4=C(F)CC(F)C=C4F)C3)s2)n[nH]1. The van der Waals surface area contributed by atoms with E-state index in [1.165, 1.54) is 11.3 Å². The minimum atomic E-state index is -1.80. The number of aromatic amines is 1. The van der Waals surface area contributed by atoms with Crippen molar-refractivity contribution in [3.05, 3.63) is 40.1 Å². The number of Topliss-reactive ketones (excluding diaryl/α,β-unsaturated/α-hetero) is 1. The molecule has 4 rings (SSSR count). The van der Waals surface area contributed by atoms with Gasteiger partial charge >= 0.3 is 0 Å². The number of alkyl halides is 1. The molecule has 0 bridgehead atoms. The summed E-state index contributed by atoms with van der Waals surface area (Å²) in [6, 6.07) is 1.90. The zero-order valence-corrected chi connectivity index (χ0v) is 18.7. The Labute approximate surface area is 191 Å². The van der Waals surface area contributed by atoms with Crippen LogP contribution in [0.2, 0.25) is 0 Å². The monoisotopic (exact) mass is 478 g/mol. The van der Waals surface area contributed by atoms with E-state index in [2.05, 4.69) is 30.7 Å². The molecule has 174 valence electrons. The van der Waals surface area contributed by atoms with Gasteiger partial charge in [-0.2, -0.15) is 5.10 Å². The number of nitrogens with zero attached hydrogens (tertiary/aromatic N) is 4. The van der Waals surface area contributed by atoms with Gasteiger partial charge in [0, 0.05) is 31.0 Å². The number of allylic oxidation sites excluding steroid dienone is 4. The van der Waals surface area contributed by atoms with Crippen LogP contribution in [0, 0.1) is 5.92 Å². The summed E-state index contributed by atoms with van der Waals surface area (Å²) in [7, 11) is 0. The molecule has 2 aliphatic rings. The van der Waals surface area contributed by atoms with Crippen LogP contribution < -0.4 is 5.32 Å². The molecule has 1 aliphatic carbocycles. The molecule has 2 atom stereocenters. The van der Waals surface area contributed by atoms with E-state index < -0.39 is 47.4 Å². The lowest BCUT2D eigenvalue weighted by Crippen LogP contribution is -2.31. The molecule has 12 heteroatoms. The number of halogens is 3. The molecule has 0 fully saturated rings. The highest BCUT2D eigenvalue weighted by molar-refractivity contribution is 7.14. The van der Waals surface area contributed by atoms with Crippen LogP contribution in [0.5, 0.6) is 0 Å². The van der Waals surface area contributed by atoms with Gasteiger partial charge in [-0.1, -0.05) is 25.2 Å². The molecule has 33 heavy (non-hydrogen) atoms. The highest BCUT2D eigenvalue weighted by Crippen LogP contribution is 2.33. The van der Waals surface area contributed by atoms with Crippen LogP contribution in [0.1, 0.15) is 43.3 Å². The Bertz CT molecular complexity index is 1180. The lowest BCUT2D eigenvalue weighted by Gasteiger charge is -2.16. The number of amides is 1. The Morgan fingerprint density at radius 2 is 2.06 bits per heavy atom. The van der Waals surface area contributed by atoms with E-state index in [0.717, 1.165) is 5.69 Å². The molecule has 2 unspecified atom stereocenters. The zero-order valence-electron chi connectivity index (χ0n) is 17.9. The van der Waals surface area contributed by atoms with E-state index in [-0.39, 0.29) is 25.2 Å². The Morgan fingerprint density at radius 3 is 2.76 bits per heavy atom. The lowest BCUT2D eigenvalue weighted by molar-refractivity contribution is -0.118. The van der Waals surface area contributed by atoms with Gasteiger partial charge in [0.15, 0.2) is 10.8 Å². The summed E-state index contributed by atoms with van der Waals surface area (Å²) in [6.45, 7) is 4.12. The summed E-state index contributed by atoms with van der Waals surface area (Å²) in [5.74, 6) is -4.21. The molecule has 1 amide bonds. The summed E-state index contributed by atoms with van der Waals surface area (Å²) in [6.07, 6.45) is -1.94. The Kier molecular flexibility index (Phi) is 6.54. The fourth-order valence-electron chi connectivity index (χ4n) is 3.51. The summed E-state index contributed by atoms with van der Waals surface area (Å²) >= 11 is 1.28. The third kappa shape index (κ3) is 4.95. The summed E-state index contributed by atoms with van der Waals surface area (Å²) in [5, 5.41) is 19.1. The van der Waals surface area contributed by atoms with Gasteiger partial charge < -0.3 is 5.32 Å². The van der Waals surface area contributed by atoms with Crippen LogP contribution in [0.4, 0.5) is 13.2 Å². The van der Waals surface area contributed by atoms with E-state index in [0.29, 0.717) is 27.7 Å². The molecule has 3 heterocycles. The van der Waals surface area contributed by atoms with Crippen molar-refractivity contribution >= 4 is 28.7 Å². The second-order valence-corrected chi connectivity index (χ2v) is 9.18. The minimum absolute atomic E-state index is 0.0552. The normalized spacial score (nSPS) is 20.8. The maximum Gasteiger partial charge on any atom is 0.265 e. The number of H-pyrrole nitrogens is 1. The van der Waals surface area contributed by atoms with Gasteiger partial charge in [0.05, 0.1) is 12.1 Å². The van der Waals surface area contributed by atoms with Crippen molar-refractivity contribution in [1.82, 2.24) is 25.7 Å².